The lowest BCUT2D eigenvalue weighted by molar-refractivity contribution is -0.173. The van der Waals surface area contributed by atoms with Crippen molar-refractivity contribution in [1.82, 2.24) is 0 Å². The summed E-state index contributed by atoms with van der Waals surface area (Å²) in [7, 11) is 0. The predicted molar refractivity (Wildman–Crippen MR) is 81.7 cm³/mol. The fraction of sp³-hybridized carbons (Fsp3) is 0.941. The van der Waals surface area contributed by atoms with Gasteiger partial charge in [-0.2, -0.15) is 0 Å². The number of carboxylic acids is 1. The van der Waals surface area contributed by atoms with Gasteiger partial charge in [0.15, 0.2) is 5.60 Å². The van der Waals surface area contributed by atoms with Gasteiger partial charge in [0, 0.05) is 0 Å². The molecule has 0 aliphatic heterocycles. The van der Waals surface area contributed by atoms with Gasteiger partial charge in [-0.05, 0) is 24.7 Å². The quantitative estimate of drug-likeness (QED) is 0.808. The second-order valence-corrected chi connectivity index (χ2v) is 6.74. The Bertz CT molecular complexity index is 276. The first-order valence-electron chi connectivity index (χ1n) is 8.45. The standard InChI is InChI=1S/C17H32O3/c1-14(2)17(20,16(18)19)15-12-10-8-6-4-3-5-7-9-11-13-15/h14-15,20H,3-13H2,1-2H3,(H,18,19). The lowest BCUT2D eigenvalue weighted by Crippen LogP contribution is -2.50. The van der Waals surface area contributed by atoms with E-state index in [1.54, 1.807) is 0 Å². The van der Waals surface area contributed by atoms with Gasteiger partial charge in [0.05, 0.1) is 0 Å². The molecule has 1 aliphatic rings. The maximum atomic E-state index is 11.6. The van der Waals surface area contributed by atoms with Crippen molar-refractivity contribution in [3.63, 3.8) is 0 Å². The molecular weight excluding hydrogens is 252 g/mol. The molecule has 1 fully saturated rings. The number of aliphatic hydroxyl groups is 1. The van der Waals surface area contributed by atoms with Gasteiger partial charge >= 0.3 is 5.97 Å². The van der Waals surface area contributed by atoms with Crippen LogP contribution in [0.15, 0.2) is 0 Å². The van der Waals surface area contributed by atoms with Crippen molar-refractivity contribution in [2.24, 2.45) is 11.8 Å². The Morgan fingerprint density at radius 3 is 1.55 bits per heavy atom. The molecule has 1 aliphatic carbocycles. The molecule has 0 aromatic rings. The molecule has 1 saturated carbocycles. The molecule has 0 saturated heterocycles. The van der Waals surface area contributed by atoms with Crippen LogP contribution in [0.1, 0.15) is 84.5 Å². The number of hydrogen-bond donors (Lipinski definition) is 2. The van der Waals surface area contributed by atoms with Crippen molar-refractivity contribution in [1.29, 1.82) is 0 Å². The van der Waals surface area contributed by atoms with Crippen LogP contribution in [0.5, 0.6) is 0 Å². The van der Waals surface area contributed by atoms with Crippen molar-refractivity contribution < 1.29 is 15.0 Å². The van der Waals surface area contributed by atoms with Gasteiger partial charge in [0.1, 0.15) is 0 Å². The summed E-state index contributed by atoms with van der Waals surface area (Å²) < 4.78 is 0. The summed E-state index contributed by atoms with van der Waals surface area (Å²) in [5, 5.41) is 20.2. The highest BCUT2D eigenvalue weighted by molar-refractivity contribution is 5.77. The van der Waals surface area contributed by atoms with E-state index >= 15 is 0 Å². The molecule has 0 heterocycles. The van der Waals surface area contributed by atoms with Crippen LogP contribution in [0.25, 0.3) is 0 Å². The van der Waals surface area contributed by atoms with Crippen LogP contribution in [0.3, 0.4) is 0 Å². The van der Waals surface area contributed by atoms with E-state index in [9.17, 15) is 15.0 Å². The molecule has 1 atom stereocenters. The highest BCUT2D eigenvalue weighted by Gasteiger charge is 2.45. The van der Waals surface area contributed by atoms with Crippen LogP contribution in [0.2, 0.25) is 0 Å². The fourth-order valence-corrected chi connectivity index (χ4v) is 3.50. The zero-order chi connectivity index (χ0) is 15.0. The molecule has 1 rings (SSSR count). The number of aliphatic carboxylic acids is 1. The molecule has 0 amide bonds. The number of carboxylic acid groups (broad SMARTS) is 1. The van der Waals surface area contributed by atoms with E-state index in [0.29, 0.717) is 0 Å². The summed E-state index contributed by atoms with van der Waals surface area (Å²) in [5.41, 5.74) is -1.55. The molecule has 0 radical (unpaired) electrons. The third-order valence-corrected chi connectivity index (χ3v) is 4.95. The average Bonchev–Trinajstić information content (AvgIpc) is 2.38. The van der Waals surface area contributed by atoms with E-state index in [1.165, 1.54) is 44.9 Å². The summed E-state index contributed by atoms with van der Waals surface area (Å²) in [5.74, 6) is -1.37. The van der Waals surface area contributed by atoms with Crippen LogP contribution in [0.4, 0.5) is 0 Å². The second-order valence-electron chi connectivity index (χ2n) is 6.74. The van der Waals surface area contributed by atoms with Crippen LogP contribution < -0.4 is 0 Å². The Balaban J connectivity index is 2.71. The summed E-state index contributed by atoms with van der Waals surface area (Å²) in [6.45, 7) is 3.65. The molecule has 0 aromatic heterocycles. The van der Waals surface area contributed by atoms with E-state index in [-0.39, 0.29) is 11.8 Å². The molecule has 2 N–H and O–H groups in total. The van der Waals surface area contributed by atoms with Crippen LogP contribution in [-0.4, -0.2) is 21.8 Å². The van der Waals surface area contributed by atoms with Gasteiger partial charge in [-0.1, -0.05) is 71.6 Å². The largest absolute Gasteiger partial charge is 0.479 e. The minimum absolute atomic E-state index is 0.0978. The third-order valence-electron chi connectivity index (χ3n) is 4.95. The molecule has 3 heteroatoms. The van der Waals surface area contributed by atoms with Crippen LogP contribution in [0, 0.1) is 11.8 Å². The highest BCUT2D eigenvalue weighted by Crippen LogP contribution is 2.35. The minimum atomic E-state index is -1.55. The zero-order valence-electron chi connectivity index (χ0n) is 13.2. The Morgan fingerprint density at radius 2 is 1.25 bits per heavy atom. The molecule has 20 heavy (non-hydrogen) atoms. The smallest absolute Gasteiger partial charge is 0.336 e. The molecule has 0 bridgehead atoms. The van der Waals surface area contributed by atoms with Crippen LogP contribution in [-0.2, 0) is 4.79 Å². The van der Waals surface area contributed by atoms with E-state index < -0.39 is 11.6 Å². The van der Waals surface area contributed by atoms with Gasteiger partial charge in [-0.25, -0.2) is 4.79 Å². The summed E-state index contributed by atoms with van der Waals surface area (Å²) in [6.07, 6.45) is 12.6. The third kappa shape index (κ3) is 4.76. The Hall–Kier alpha value is -0.570. The summed E-state index contributed by atoms with van der Waals surface area (Å²) in [4.78, 5) is 11.6. The Morgan fingerprint density at radius 1 is 0.900 bits per heavy atom. The second kappa shape index (κ2) is 8.66. The highest BCUT2D eigenvalue weighted by atomic mass is 16.4. The van der Waals surface area contributed by atoms with E-state index in [0.717, 1.165) is 25.7 Å². The summed E-state index contributed by atoms with van der Waals surface area (Å²) >= 11 is 0. The van der Waals surface area contributed by atoms with E-state index in [4.69, 9.17) is 0 Å². The topological polar surface area (TPSA) is 57.5 Å². The molecule has 3 nitrogen and oxygen atoms in total. The molecule has 0 aromatic carbocycles. The average molecular weight is 284 g/mol. The van der Waals surface area contributed by atoms with Crippen molar-refractivity contribution in [3.8, 4) is 0 Å². The van der Waals surface area contributed by atoms with Crippen LogP contribution >= 0.6 is 0 Å². The van der Waals surface area contributed by atoms with Gasteiger partial charge in [0.25, 0.3) is 0 Å². The van der Waals surface area contributed by atoms with Crippen molar-refractivity contribution in [2.75, 3.05) is 0 Å². The molecule has 1 unspecified atom stereocenters. The number of hydrogen-bond acceptors (Lipinski definition) is 2. The maximum Gasteiger partial charge on any atom is 0.336 e. The zero-order valence-corrected chi connectivity index (χ0v) is 13.2. The lowest BCUT2D eigenvalue weighted by Gasteiger charge is -2.36. The van der Waals surface area contributed by atoms with Gasteiger partial charge < -0.3 is 10.2 Å². The van der Waals surface area contributed by atoms with Crippen molar-refractivity contribution >= 4 is 5.97 Å². The monoisotopic (exact) mass is 284 g/mol. The van der Waals surface area contributed by atoms with E-state index in [1.807, 2.05) is 13.8 Å². The van der Waals surface area contributed by atoms with Crippen molar-refractivity contribution in [3.05, 3.63) is 0 Å². The first-order chi connectivity index (χ1) is 9.49. The summed E-state index contributed by atoms with van der Waals surface area (Å²) in [6, 6.07) is 0. The van der Waals surface area contributed by atoms with E-state index in [2.05, 4.69) is 0 Å². The first kappa shape index (κ1) is 17.5. The SMILES string of the molecule is CC(C)C(O)(C(=O)O)C1CCCCCCCCCCC1. The Labute approximate surface area is 123 Å². The normalized spacial score (nSPS) is 23.6. The predicted octanol–water partition coefficient (Wildman–Crippen LogP) is 4.38. The Kier molecular flexibility index (Phi) is 7.57. The molecular formula is C17H32O3. The fourth-order valence-electron chi connectivity index (χ4n) is 3.50. The molecule has 118 valence electrons. The minimum Gasteiger partial charge on any atom is -0.479 e. The number of carbonyl (C=O) groups is 1. The van der Waals surface area contributed by atoms with Gasteiger partial charge in [-0.15, -0.1) is 0 Å². The molecule has 0 spiro atoms. The van der Waals surface area contributed by atoms with Crippen molar-refractivity contribution in [2.45, 2.75) is 90.1 Å². The van der Waals surface area contributed by atoms with Gasteiger partial charge in [-0.3, -0.25) is 0 Å². The lowest BCUT2D eigenvalue weighted by atomic mass is 9.73. The van der Waals surface area contributed by atoms with Gasteiger partial charge in [0.2, 0.25) is 0 Å². The first-order valence-corrected chi connectivity index (χ1v) is 8.45. The maximum absolute atomic E-state index is 11.6. The number of rotatable bonds is 3.